The zero-order valence-corrected chi connectivity index (χ0v) is 20.5. The van der Waals surface area contributed by atoms with E-state index < -0.39 is 0 Å². The number of hydrogen-bond acceptors (Lipinski definition) is 6. The minimum Gasteiger partial charge on any atom is -0.358 e. The zero-order chi connectivity index (χ0) is 24.8. The third-order valence-electron chi connectivity index (χ3n) is 6.05. The van der Waals surface area contributed by atoms with Crippen LogP contribution >= 0.6 is 11.3 Å². The molecule has 0 bridgehead atoms. The number of fused-ring (bicyclic) bond motifs is 2. The Morgan fingerprint density at radius 2 is 2.00 bits per heavy atom. The number of halogens is 1. The van der Waals surface area contributed by atoms with Gasteiger partial charge in [-0.2, -0.15) is 5.10 Å². The molecule has 36 heavy (non-hydrogen) atoms. The summed E-state index contributed by atoms with van der Waals surface area (Å²) in [5.74, 6) is 0.222. The van der Waals surface area contributed by atoms with Crippen molar-refractivity contribution >= 4 is 39.0 Å². The predicted molar refractivity (Wildman–Crippen MR) is 143 cm³/mol. The Morgan fingerprint density at radius 3 is 2.81 bits per heavy atom. The number of aromatic amines is 2. The molecule has 5 aromatic heterocycles. The molecule has 0 saturated carbocycles. The van der Waals surface area contributed by atoms with Crippen molar-refractivity contribution < 1.29 is 4.39 Å². The standard InChI is InChI=1S/C27H22FN7S/c1-4-14(2)31-17-9-16(12-29-13-17)18-10-19-22(11-20(18)28)34-35-24(19)27-32-21-7-8-30-26(25(21)33-27)23-6-5-15(3)36-23/h5-13,31H,2,4H2,1,3H3,(H,32,33)(H,34,35). The number of imidazole rings is 1. The monoisotopic (exact) mass is 495 g/mol. The van der Waals surface area contributed by atoms with Gasteiger partial charge < -0.3 is 10.3 Å². The van der Waals surface area contributed by atoms with E-state index in [-0.39, 0.29) is 5.82 Å². The summed E-state index contributed by atoms with van der Waals surface area (Å²) in [5.41, 5.74) is 6.34. The third kappa shape index (κ3) is 3.83. The van der Waals surface area contributed by atoms with Crippen molar-refractivity contribution in [2.24, 2.45) is 0 Å². The number of allylic oxidation sites excluding steroid dienone is 1. The normalized spacial score (nSPS) is 11.4. The summed E-state index contributed by atoms with van der Waals surface area (Å²) in [7, 11) is 0. The predicted octanol–water partition coefficient (Wildman–Crippen LogP) is 7.07. The fraction of sp³-hybridized carbons (Fsp3) is 0.111. The van der Waals surface area contributed by atoms with Crippen LogP contribution in [0.1, 0.15) is 18.2 Å². The molecule has 5 heterocycles. The molecule has 0 amide bonds. The Balaban J connectivity index is 1.46. The molecular formula is C27H22FN7S. The molecule has 0 spiro atoms. The molecule has 0 atom stereocenters. The van der Waals surface area contributed by atoms with E-state index in [1.165, 1.54) is 10.9 Å². The average Bonchev–Trinajstić information content (AvgIpc) is 3.60. The average molecular weight is 496 g/mol. The van der Waals surface area contributed by atoms with Gasteiger partial charge >= 0.3 is 0 Å². The van der Waals surface area contributed by atoms with Crippen LogP contribution in [-0.4, -0.2) is 30.1 Å². The summed E-state index contributed by atoms with van der Waals surface area (Å²) < 4.78 is 15.1. The first-order chi connectivity index (χ1) is 17.5. The summed E-state index contributed by atoms with van der Waals surface area (Å²) in [6, 6.07) is 11.1. The number of nitrogens with one attached hydrogen (secondary N) is 3. The molecule has 0 aliphatic rings. The smallest absolute Gasteiger partial charge is 0.159 e. The molecule has 0 aliphatic carbocycles. The number of benzene rings is 1. The highest BCUT2D eigenvalue weighted by molar-refractivity contribution is 7.15. The van der Waals surface area contributed by atoms with Gasteiger partial charge in [-0.15, -0.1) is 11.3 Å². The van der Waals surface area contributed by atoms with E-state index in [2.05, 4.69) is 56.1 Å². The number of aryl methyl sites for hydroxylation is 1. The molecule has 6 rings (SSSR count). The van der Waals surface area contributed by atoms with Crippen LogP contribution in [0, 0.1) is 12.7 Å². The van der Waals surface area contributed by atoms with Gasteiger partial charge in [0.25, 0.3) is 0 Å². The molecule has 3 N–H and O–H groups in total. The first-order valence-corrected chi connectivity index (χ1v) is 12.3. The van der Waals surface area contributed by atoms with Crippen LogP contribution in [0.15, 0.2) is 67.3 Å². The fourth-order valence-corrected chi connectivity index (χ4v) is 5.04. The number of thiophene rings is 1. The van der Waals surface area contributed by atoms with Crippen LogP contribution < -0.4 is 5.32 Å². The fourth-order valence-electron chi connectivity index (χ4n) is 4.18. The van der Waals surface area contributed by atoms with Gasteiger partial charge in [0, 0.05) is 45.5 Å². The lowest BCUT2D eigenvalue weighted by Crippen LogP contribution is -1.97. The molecule has 6 aromatic rings. The van der Waals surface area contributed by atoms with Crippen LogP contribution in [0.2, 0.25) is 0 Å². The van der Waals surface area contributed by atoms with E-state index in [1.54, 1.807) is 36.0 Å². The highest BCUT2D eigenvalue weighted by Gasteiger charge is 2.18. The van der Waals surface area contributed by atoms with Gasteiger partial charge in [-0.25, -0.2) is 9.37 Å². The van der Waals surface area contributed by atoms with Crippen molar-refractivity contribution in [3.8, 4) is 33.2 Å². The molecule has 0 saturated heterocycles. The second-order valence-corrected chi connectivity index (χ2v) is 9.83. The molecule has 7 nitrogen and oxygen atoms in total. The highest BCUT2D eigenvalue weighted by atomic mass is 32.1. The Kier molecular flexibility index (Phi) is 5.34. The van der Waals surface area contributed by atoms with Gasteiger partial charge in [0.2, 0.25) is 0 Å². The van der Waals surface area contributed by atoms with E-state index in [0.717, 1.165) is 44.8 Å². The van der Waals surface area contributed by atoms with Crippen molar-refractivity contribution in [2.75, 3.05) is 5.32 Å². The lowest BCUT2D eigenvalue weighted by molar-refractivity contribution is 0.633. The van der Waals surface area contributed by atoms with Crippen LogP contribution in [0.25, 0.3) is 55.2 Å². The maximum atomic E-state index is 15.1. The van der Waals surface area contributed by atoms with Gasteiger partial charge in [-0.3, -0.25) is 15.1 Å². The topological polar surface area (TPSA) is 95.2 Å². The summed E-state index contributed by atoms with van der Waals surface area (Å²) >= 11 is 1.68. The number of aromatic nitrogens is 6. The Bertz CT molecular complexity index is 1760. The summed E-state index contributed by atoms with van der Waals surface area (Å²) in [4.78, 5) is 19.3. The number of anilines is 1. The summed E-state index contributed by atoms with van der Waals surface area (Å²) in [6.45, 7) is 8.05. The highest BCUT2D eigenvalue weighted by Crippen LogP contribution is 2.35. The SMILES string of the molecule is C=C(CC)Nc1cncc(-c2cc3c(-c4nc5c(-c6ccc(C)s6)nccc5[nH]4)n[nH]c3cc2F)c1. The summed E-state index contributed by atoms with van der Waals surface area (Å²) in [5, 5.41) is 11.4. The molecule has 0 radical (unpaired) electrons. The number of hydrogen-bond donors (Lipinski definition) is 3. The molecule has 9 heteroatoms. The van der Waals surface area contributed by atoms with Crippen molar-refractivity contribution in [2.45, 2.75) is 20.3 Å². The number of nitrogens with zero attached hydrogens (tertiary/aromatic N) is 4. The summed E-state index contributed by atoms with van der Waals surface area (Å²) in [6.07, 6.45) is 5.89. The zero-order valence-electron chi connectivity index (χ0n) is 19.7. The molecule has 0 aliphatic heterocycles. The van der Waals surface area contributed by atoms with Gasteiger partial charge in [0.15, 0.2) is 5.82 Å². The van der Waals surface area contributed by atoms with Crippen LogP contribution in [-0.2, 0) is 0 Å². The van der Waals surface area contributed by atoms with E-state index in [1.807, 2.05) is 19.1 Å². The van der Waals surface area contributed by atoms with Crippen LogP contribution in [0.4, 0.5) is 10.1 Å². The number of rotatable bonds is 6. The number of H-pyrrole nitrogens is 2. The van der Waals surface area contributed by atoms with E-state index >= 15 is 4.39 Å². The largest absolute Gasteiger partial charge is 0.358 e. The van der Waals surface area contributed by atoms with Crippen molar-refractivity contribution in [3.05, 3.63) is 78.0 Å². The first kappa shape index (κ1) is 22.1. The molecule has 1 aromatic carbocycles. The maximum Gasteiger partial charge on any atom is 0.159 e. The lowest BCUT2D eigenvalue weighted by Gasteiger charge is -2.10. The van der Waals surface area contributed by atoms with Crippen molar-refractivity contribution in [1.82, 2.24) is 30.1 Å². The lowest BCUT2D eigenvalue weighted by atomic mass is 10.0. The quantitative estimate of drug-likeness (QED) is 0.230. The van der Waals surface area contributed by atoms with Gasteiger partial charge in [-0.1, -0.05) is 13.5 Å². The maximum absolute atomic E-state index is 15.1. The Morgan fingerprint density at radius 1 is 1.11 bits per heavy atom. The molecule has 178 valence electrons. The number of pyridine rings is 2. The minimum absolute atomic E-state index is 0.366. The van der Waals surface area contributed by atoms with Crippen molar-refractivity contribution in [1.29, 1.82) is 0 Å². The second kappa shape index (κ2) is 8.69. The van der Waals surface area contributed by atoms with Crippen LogP contribution in [0.3, 0.4) is 0 Å². The van der Waals surface area contributed by atoms with Crippen LogP contribution in [0.5, 0.6) is 0 Å². The van der Waals surface area contributed by atoms with Crippen molar-refractivity contribution in [3.63, 3.8) is 0 Å². The first-order valence-electron chi connectivity index (χ1n) is 11.5. The Hall–Kier alpha value is -4.37. The second-order valence-electron chi connectivity index (χ2n) is 8.55. The Labute approximate surface area is 210 Å². The molecular weight excluding hydrogens is 473 g/mol. The van der Waals surface area contributed by atoms with E-state index in [4.69, 9.17) is 4.98 Å². The minimum atomic E-state index is -0.366. The van der Waals surface area contributed by atoms with Gasteiger partial charge in [-0.05, 0) is 43.7 Å². The van der Waals surface area contributed by atoms with Gasteiger partial charge in [0.1, 0.15) is 22.7 Å². The molecule has 0 fully saturated rings. The third-order valence-corrected chi connectivity index (χ3v) is 7.05. The van der Waals surface area contributed by atoms with E-state index in [0.29, 0.717) is 28.2 Å². The molecule has 0 unspecified atom stereocenters. The van der Waals surface area contributed by atoms with E-state index in [9.17, 15) is 0 Å². The van der Waals surface area contributed by atoms with Gasteiger partial charge in [0.05, 0.1) is 27.8 Å².